The molecular formula is C28H30F3N3O. The molecule has 3 aromatic rings. The summed E-state index contributed by atoms with van der Waals surface area (Å²) in [7, 11) is 2.13. The number of aromatic nitrogens is 1. The van der Waals surface area contributed by atoms with Gasteiger partial charge in [0.15, 0.2) is 0 Å². The molecule has 35 heavy (non-hydrogen) atoms. The van der Waals surface area contributed by atoms with Crippen LogP contribution in [-0.4, -0.2) is 46.9 Å². The highest BCUT2D eigenvalue weighted by atomic mass is 19.4. The number of likely N-dealkylation sites (tertiary alicyclic amines) is 1. The molecule has 1 aliphatic heterocycles. The lowest BCUT2D eigenvalue weighted by atomic mass is 9.84. The van der Waals surface area contributed by atoms with Gasteiger partial charge in [-0.3, -0.25) is 14.7 Å². The van der Waals surface area contributed by atoms with Gasteiger partial charge in [0.2, 0.25) is 0 Å². The van der Waals surface area contributed by atoms with Gasteiger partial charge in [0.1, 0.15) is 0 Å². The zero-order valence-corrected chi connectivity index (χ0v) is 19.8. The third-order valence-corrected chi connectivity index (χ3v) is 6.82. The molecule has 1 atom stereocenters. The van der Waals surface area contributed by atoms with Gasteiger partial charge in [-0.05, 0) is 67.6 Å². The highest BCUT2D eigenvalue weighted by Gasteiger charge is 2.33. The van der Waals surface area contributed by atoms with Gasteiger partial charge < -0.3 is 4.90 Å². The number of piperidine rings is 1. The van der Waals surface area contributed by atoms with E-state index in [4.69, 9.17) is 0 Å². The van der Waals surface area contributed by atoms with Crippen LogP contribution in [0.4, 0.5) is 13.2 Å². The monoisotopic (exact) mass is 481 g/mol. The molecule has 1 saturated heterocycles. The summed E-state index contributed by atoms with van der Waals surface area (Å²) in [6, 6.07) is 19.4. The number of pyridine rings is 1. The van der Waals surface area contributed by atoms with E-state index in [0.29, 0.717) is 19.0 Å². The van der Waals surface area contributed by atoms with Crippen molar-refractivity contribution in [3.05, 3.63) is 101 Å². The van der Waals surface area contributed by atoms with Crippen LogP contribution in [0.25, 0.3) is 0 Å². The van der Waals surface area contributed by atoms with Gasteiger partial charge in [-0.25, -0.2) is 0 Å². The molecular weight excluding hydrogens is 451 g/mol. The Morgan fingerprint density at radius 3 is 2.40 bits per heavy atom. The van der Waals surface area contributed by atoms with E-state index < -0.39 is 11.7 Å². The number of halogens is 3. The van der Waals surface area contributed by atoms with Gasteiger partial charge in [0.25, 0.3) is 5.91 Å². The van der Waals surface area contributed by atoms with Crippen LogP contribution >= 0.6 is 0 Å². The van der Waals surface area contributed by atoms with Crippen LogP contribution < -0.4 is 0 Å². The lowest BCUT2D eigenvalue weighted by molar-refractivity contribution is -0.137. The van der Waals surface area contributed by atoms with E-state index in [0.717, 1.165) is 43.5 Å². The number of amides is 1. The van der Waals surface area contributed by atoms with Crippen LogP contribution in [0.3, 0.4) is 0 Å². The molecule has 0 saturated carbocycles. The molecule has 4 nitrogen and oxygen atoms in total. The predicted molar refractivity (Wildman–Crippen MR) is 130 cm³/mol. The third kappa shape index (κ3) is 6.48. The first-order chi connectivity index (χ1) is 16.8. The summed E-state index contributed by atoms with van der Waals surface area (Å²) in [5.41, 5.74) is 1.70. The summed E-state index contributed by atoms with van der Waals surface area (Å²) in [4.78, 5) is 21.2. The molecule has 1 unspecified atom stereocenters. The number of rotatable bonds is 7. The molecule has 0 radical (unpaired) electrons. The van der Waals surface area contributed by atoms with Crippen LogP contribution in [0.5, 0.6) is 0 Å². The highest BCUT2D eigenvalue weighted by Crippen LogP contribution is 2.31. The van der Waals surface area contributed by atoms with E-state index >= 15 is 0 Å². The van der Waals surface area contributed by atoms with Crippen molar-refractivity contribution < 1.29 is 18.0 Å². The van der Waals surface area contributed by atoms with Crippen LogP contribution in [0.2, 0.25) is 0 Å². The Morgan fingerprint density at radius 2 is 1.74 bits per heavy atom. The average Bonchev–Trinajstić information content (AvgIpc) is 2.88. The van der Waals surface area contributed by atoms with E-state index in [2.05, 4.69) is 35.1 Å². The molecule has 4 rings (SSSR count). The van der Waals surface area contributed by atoms with E-state index in [1.807, 2.05) is 30.5 Å². The van der Waals surface area contributed by atoms with Gasteiger partial charge in [0, 0.05) is 43.6 Å². The minimum Gasteiger partial charge on any atom is -0.339 e. The molecule has 0 bridgehead atoms. The number of alkyl halides is 3. The van der Waals surface area contributed by atoms with Gasteiger partial charge in [0.05, 0.1) is 5.56 Å². The first-order valence-corrected chi connectivity index (χ1v) is 11.9. The quantitative estimate of drug-likeness (QED) is 0.435. The summed E-state index contributed by atoms with van der Waals surface area (Å²) >= 11 is 0. The van der Waals surface area contributed by atoms with Crippen molar-refractivity contribution >= 4 is 5.91 Å². The number of hydrogen-bond donors (Lipinski definition) is 0. The van der Waals surface area contributed by atoms with Crippen molar-refractivity contribution in [1.82, 2.24) is 14.8 Å². The van der Waals surface area contributed by atoms with Crippen LogP contribution in [0.1, 0.15) is 39.9 Å². The molecule has 2 aromatic carbocycles. The molecule has 7 heteroatoms. The molecule has 0 spiro atoms. The molecule has 0 aliphatic carbocycles. The first kappa shape index (κ1) is 24.9. The lowest BCUT2D eigenvalue weighted by Gasteiger charge is -2.40. The van der Waals surface area contributed by atoms with Crippen molar-refractivity contribution in [3.8, 4) is 0 Å². The Kier molecular flexibility index (Phi) is 7.86. The van der Waals surface area contributed by atoms with Crippen molar-refractivity contribution in [2.75, 3.05) is 20.1 Å². The van der Waals surface area contributed by atoms with Crippen LogP contribution in [0.15, 0.2) is 79.1 Å². The minimum absolute atomic E-state index is 0.0906. The Hall–Kier alpha value is -3.19. The summed E-state index contributed by atoms with van der Waals surface area (Å²) in [5, 5.41) is 0. The maximum Gasteiger partial charge on any atom is 0.416 e. The Bertz CT molecular complexity index is 1100. The third-order valence-electron chi connectivity index (χ3n) is 6.82. The van der Waals surface area contributed by atoms with E-state index in [1.54, 1.807) is 11.1 Å². The van der Waals surface area contributed by atoms with Gasteiger partial charge in [-0.15, -0.1) is 0 Å². The number of nitrogens with zero attached hydrogens (tertiary/aromatic N) is 3. The highest BCUT2D eigenvalue weighted by molar-refractivity contribution is 5.94. The predicted octanol–water partition coefficient (Wildman–Crippen LogP) is 5.70. The normalized spacial score (nSPS) is 15.9. The van der Waals surface area contributed by atoms with E-state index in [-0.39, 0.29) is 17.5 Å². The zero-order chi connectivity index (χ0) is 24.8. The smallest absolute Gasteiger partial charge is 0.339 e. The largest absolute Gasteiger partial charge is 0.416 e. The lowest BCUT2D eigenvalue weighted by Crippen LogP contribution is -2.46. The van der Waals surface area contributed by atoms with Crippen molar-refractivity contribution in [3.63, 3.8) is 0 Å². The SMILES string of the molecule is CN(Cc1cccnc1)C(Cc1ccccc1)C1CCN(C(=O)c2cccc(C(F)(F)F)c2)CC1. The maximum atomic E-state index is 13.1. The fourth-order valence-electron chi connectivity index (χ4n) is 4.93. The Morgan fingerprint density at radius 1 is 1.03 bits per heavy atom. The van der Waals surface area contributed by atoms with Crippen LogP contribution in [0, 0.1) is 5.92 Å². The molecule has 1 aromatic heterocycles. The zero-order valence-electron chi connectivity index (χ0n) is 19.8. The second-order valence-electron chi connectivity index (χ2n) is 9.24. The van der Waals surface area contributed by atoms with Crippen molar-refractivity contribution in [1.29, 1.82) is 0 Å². The summed E-state index contributed by atoms with van der Waals surface area (Å²) in [6.45, 7) is 1.84. The first-order valence-electron chi connectivity index (χ1n) is 11.9. The molecule has 0 N–H and O–H groups in total. The summed E-state index contributed by atoms with van der Waals surface area (Å²) in [5.74, 6) is 0.0281. The number of carbonyl (C=O) groups excluding carboxylic acids is 1. The summed E-state index contributed by atoms with van der Waals surface area (Å²) < 4.78 is 39.3. The van der Waals surface area contributed by atoms with Gasteiger partial charge in [-0.2, -0.15) is 13.2 Å². The number of likely N-dealkylation sites (N-methyl/N-ethyl adjacent to an activating group) is 1. The van der Waals surface area contributed by atoms with Crippen molar-refractivity contribution in [2.45, 2.75) is 38.0 Å². The average molecular weight is 482 g/mol. The standard InChI is InChI=1S/C28H30F3N3O/c1-33(20-22-9-6-14-32-19-22)26(17-21-7-3-2-4-8-21)23-12-15-34(16-13-23)27(35)24-10-5-11-25(18-24)28(29,30)31/h2-11,14,18-19,23,26H,12-13,15-17,20H2,1H3. The molecule has 1 amide bonds. The van der Waals surface area contributed by atoms with E-state index in [9.17, 15) is 18.0 Å². The molecule has 1 aliphatic rings. The molecule has 1 fully saturated rings. The van der Waals surface area contributed by atoms with Gasteiger partial charge >= 0.3 is 6.18 Å². The van der Waals surface area contributed by atoms with Gasteiger partial charge in [-0.1, -0.05) is 42.5 Å². The minimum atomic E-state index is -4.47. The molecule has 2 heterocycles. The number of benzene rings is 2. The Balaban J connectivity index is 1.45. The second kappa shape index (κ2) is 11.0. The van der Waals surface area contributed by atoms with Crippen LogP contribution in [-0.2, 0) is 19.1 Å². The van der Waals surface area contributed by atoms with E-state index in [1.165, 1.54) is 17.7 Å². The maximum absolute atomic E-state index is 13.1. The fraction of sp³-hybridized carbons (Fsp3) is 0.357. The fourth-order valence-corrected chi connectivity index (χ4v) is 4.93. The van der Waals surface area contributed by atoms with Crippen molar-refractivity contribution in [2.24, 2.45) is 5.92 Å². The Labute approximate surface area is 204 Å². The number of carbonyl (C=O) groups is 1. The number of hydrogen-bond acceptors (Lipinski definition) is 3. The topological polar surface area (TPSA) is 36.4 Å². The summed E-state index contributed by atoms with van der Waals surface area (Å²) in [6.07, 6.45) is 1.68. The second-order valence-corrected chi connectivity index (χ2v) is 9.24. The molecule has 184 valence electrons.